The Kier molecular flexibility index (Phi) is 3.76. The molecular weight excluding hydrogens is 239 g/mol. The summed E-state index contributed by atoms with van der Waals surface area (Å²) in [6.45, 7) is 1.35. The molecular formula is C12H15FN2O3. The number of nitro groups is 1. The highest BCUT2D eigenvalue weighted by Crippen LogP contribution is 2.26. The number of nitrogens with zero attached hydrogens (tertiary/aromatic N) is 2. The number of non-ortho nitro benzene ring substituents is 1. The van der Waals surface area contributed by atoms with Gasteiger partial charge in [-0.1, -0.05) is 0 Å². The molecule has 1 aliphatic rings. The van der Waals surface area contributed by atoms with Crippen molar-refractivity contribution in [1.82, 2.24) is 0 Å². The molecule has 98 valence electrons. The Morgan fingerprint density at radius 2 is 2.06 bits per heavy atom. The number of rotatable bonds is 3. The summed E-state index contributed by atoms with van der Waals surface area (Å²) < 4.78 is 18.6. The monoisotopic (exact) mass is 254 g/mol. The van der Waals surface area contributed by atoms with Crippen LogP contribution in [-0.2, 0) is 4.74 Å². The zero-order valence-electron chi connectivity index (χ0n) is 10.1. The van der Waals surface area contributed by atoms with Crippen LogP contribution in [0.1, 0.15) is 12.8 Å². The molecule has 6 heteroatoms. The van der Waals surface area contributed by atoms with Crippen molar-refractivity contribution in [3.63, 3.8) is 0 Å². The highest BCUT2D eigenvalue weighted by molar-refractivity contribution is 5.53. The summed E-state index contributed by atoms with van der Waals surface area (Å²) >= 11 is 0. The van der Waals surface area contributed by atoms with E-state index in [1.807, 2.05) is 11.9 Å². The smallest absolute Gasteiger partial charge is 0.274 e. The minimum atomic E-state index is -0.585. The lowest BCUT2D eigenvalue weighted by molar-refractivity contribution is -0.385. The summed E-state index contributed by atoms with van der Waals surface area (Å²) in [4.78, 5) is 12.0. The zero-order chi connectivity index (χ0) is 13.1. The Morgan fingerprint density at radius 1 is 1.39 bits per heavy atom. The zero-order valence-corrected chi connectivity index (χ0v) is 10.1. The predicted molar refractivity (Wildman–Crippen MR) is 65.3 cm³/mol. The summed E-state index contributed by atoms with van der Waals surface area (Å²) in [5.41, 5.74) is 0.317. The first kappa shape index (κ1) is 12.8. The van der Waals surface area contributed by atoms with Crippen molar-refractivity contribution in [1.29, 1.82) is 0 Å². The predicted octanol–water partition coefficient (Wildman–Crippen LogP) is 2.35. The molecule has 1 aliphatic heterocycles. The number of nitro benzene ring substituents is 1. The van der Waals surface area contributed by atoms with E-state index < -0.39 is 10.7 Å². The Bertz CT molecular complexity index is 447. The van der Waals surface area contributed by atoms with Crippen LogP contribution in [0, 0.1) is 15.9 Å². The standard InChI is InChI=1S/C12H15FN2O3/c1-14(10-2-4-18-5-3-10)11-6-9(13)7-12(8-11)15(16)17/h6-8,10H,2-5H2,1H3. The average Bonchev–Trinajstić information content (AvgIpc) is 2.38. The maximum Gasteiger partial charge on any atom is 0.274 e. The van der Waals surface area contributed by atoms with Crippen LogP contribution < -0.4 is 4.90 Å². The fourth-order valence-electron chi connectivity index (χ4n) is 2.15. The second-order valence-electron chi connectivity index (χ2n) is 4.38. The molecule has 1 fully saturated rings. The molecule has 0 aliphatic carbocycles. The molecule has 2 rings (SSSR count). The lowest BCUT2D eigenvalue weighted by Crippen LogP contribution is -2.36. The van der Waals surface area contributed by atoms with Crippen LogP contribution in [0.5, 0.6) is 0 Å². The van der Waals surface area contributed by atoms with Crippen molar-refractivity contribution in [3.8, 4) is 0 Å². The third-order valence-electron chi connectivity index (χ3n) is 3.22. The molecule has 0 unspecified atom stereocenters. The van der Waals surface area contributed by atoms with Crippen LogP contribution in [0.4, 0.5) is 15.8 Å². The van der Waals surface area contributed by atoms with Crippen LogP contribution >= 0.6 is 0 Å². The lowest BCUT2D eigenvalue weighted by atomic mass is 10.1. The van der Waals surface area contributed by atoms with Gasteiger partial charge in [0, 0.05) is 38.1 Å². The molecule has 18 heavy (non-hydrogen) atoms. The minimum Gasteiger partial charge on any atom is -0.381 e. The largest absolute Gasteiger partial charge is 0.381 e. The van der Waals surface area contributed by atoms with E-state index in [0.29, 0.717) is 18.9 Å². The fraction of sp³-hybridized carbons (Fsp3) is 0.500. The van der Waals surface area contributed by atoms with Crippen LogP contribution in [0.25, 0.3) is 0 Å². The molecule has 0 radical (unpaired) electrons. The summed E-state index contributed by atoms with van der Waals surface area (Å²) in [6, 6.07) is 3.89. The number of anilines is 1. The van der Waals surface area contributed by atoms with Gasteiger partial charge in [-0.25, -0.2) is 4.39 Å². The maximum absolute atomic E-state index is 13.4. The van der Waals surface area contributed by atoms with E-state index in [-0.39, 0.29) is 11.7 Å². The molecule has 0 aromatic heterocycles. The minimum absolute atomic E-state index is 0.219. The molecule has 1 heterocycles. The van der Waals surface area contributed by atoms with Gasteiger partial charge in [-0.2, -0.15) is 0 Å². The molecule has 5 nitrogen and oxygen atoms in total. The van der Waals surface area contributed by atoms with Gasteiger partial charge in [0.05, 0.1) is 11.0 Å². The van der Waals surface area contributed by atoms with Gasteiger partial charge in [-0.3, -0.25) is 10.1 Å². The molecule has 0 amide bonds. The first-order valence-electron chi connectivity index (χ1n) is 5.83. The Balaban J connectivity index is 2.23. The lowest BCUT2D eigenvalue weighted by Gasteiger charge is -2.32. The number of ether oxygens (including phenoxy) is 1. The Hall–Kier alpha value is -1.69. The summed E-state index contributed by atoms with van der Waals surface area (Å²) in [6.07, 6.45) is 1.70. The van der Waals surface area contributed by atoms with Crippen molar-refractivity contribution in [2.24, 2.45) is 0 Å². The Labute approximate surface area is 104 Å². The highest BCUT2D eigenvalue weighted by atomic mass is 19.1. The van der Waals surface area contributed by atoms with Crippen molar-refractivity contribution < 1.29 is 14.1 Å². The van der Waals surface area contributed by atoms with Crippen molar-refractivity contribution in [2.75, 3.05) is 25.2 Å². The van der Waals surface area contributed by atoms with Crippen molar-refractivity contribution in [2.45, 2.75) is 18.9 Å². The van der Waals surface area contributed by atoms with E-state index in [2.05, 4.69) is 0 Å². The summed E-state index contributed by atoms with van der Waals surface area (Å²) in [5.74, 6) is -0.585. The van der Waals surface area contributed by atoms with Crippen LogP contribution in [0.15, 0.2) is 18.2 Å². The normalized spacial score (nSPS) is 16.6. The van der Waals surface area contributed by atoms with E-state index in [1.54, 1.807) is 0 Å². The molecule has 0 spiro atoms. The van der Waals surface area contributed by atoms with E-state index in [9.17, 15) is 14.5 Å². The topological polar surface area (TPSA) is 55.6 Å². The van der Waals surface area contributed by atoms with E-state index in [0.717, 1.165) is 18.9 Å². The van der Waals surface area contributed by atoms with E-state index >= 15 is 0 Å². The first-order chi connectivity index (χ1) is 8.58. The SMILES string of the molecule is CN(c1cc(F)cc([N+](=O)[O-])c1)C1CCOCC1. The van der Waals surface area contributed by atoms with Gasteiger partial charge in [0.2, 0.25) is 0 Å². The van der Waals surface area contributed by atoms with Gasteiger partial charge in [-0.15, -0.1) is 0 Å². The molecule has 0 saturated carbocycles. The van der Waals surface area contributed by atoms with Crippen molar-refractivity contribution >= 4 is 11.4 Å². The third-order valence-corrected chi connectivity index (χ3v) is 3.22. The van der Waals surface area contributed by atoms with Gasteiger partial charge >= 0.3 is 0 Å². The second kappa shape index (κ2) is 5.30. The number of hydrogen-bond donors (Lipinski definition) is 0. The number of benzene rings is 1. The molecule has 1 aromatic rings. The van der Waals surface area contributed by atoms with E-state index in [4.69, 9.17) is 4.74 Å². The fourth-order valence-corrected chi connectivity index (χ4v) is 2.15. The summed E-state index contributed by atoms with van der Waals surface area (Å²) in [7, 11) is 1.83. The number of hydrogen-bond acceptors (Lipinski definition) is 4. The first-order valence-corrected chi connectivity index (χ1v) is 5.83. The third kappa shape index (κ3) is 2.76. The van der Waals surface area contributed by atoms with Gasteiger partial charge in [0.1, 0.15) is 5.82 Å². The molecule has 0 bridgehead atoms. The van der Waals surface area contributed by atoms with Crippen LogP contribution in [0.3, 0.4) is 0 Å². The van der Waals surface area contributed by atoms with Gasteiger partial charge < -0.3 is 9.64 Å². The van der Waals surface area contributed by atoms with Gasteiger partial charge in [0.25, 0.3) is 5.69 Å². The highest BCUT2D eigenvalue weighted by Gasteiger charge is 2.21. The maximum atomic E-state index is 13.4. The quantitative estimate of drug-likeness (QED) is 0.613. The van der Waals surface area contributed by atoms with Crippen LogP contribution in [-0.4, -0.2) is 31.2 Å². The molecule has 0 atom stereocenters. The van der Waals surface area contributed by atoms with Gasteiger partial charge in [0.15, 0.2) is 0 Å². The molecule has 0 N–H and O–H groups in total. The molecule has 1 aromatic carbocycles. The van der Waals surface area contributed by atoms with E-state index in [1.165, 1.54) is 12.1 Å². The van der Waals surface area contributed by atoms with Crippen LogP contribution in [0.2, 0.25) is 0 Å². The van der Waals surface area contributed by atoms with Gasteiger partial charge in [-0.05, 0) is 18.9 Å². The summed E-state index contributed by atoms with van der Waals surface area (Å²) in [5, 5.41) is 10.7. The second-order valence-corrected chi connectivity index (χ2v) is 4.38. The molecule has 1 saturated heterocycles. The average molecular weight is 254 g/mol. The van der Waals surface area contributed by atoms with Crippen molar-refractivity contribution in [3.05, 3.63) is 34.1 Å². The number of halogens is 1. The Morgan fingerprint density at radius 3 is 2.67 bits per heavy atom.